The second-order valence-corrected chi connectivity index (χ2v) is 8.77. The van der Waals surface area contributed by atoms with Crippen molar-refractivity contribution < 1.29 is 23.1 Å². The summed E-state index contributed by atoms with van der Waals surface area (Å²) in [6.07, 6.45) is 1.64. The van der Waals surface area contributed by atoms with Crippen LogP contribution in [0.3, 0.4) is 0 Å². The number of hydrogen-bond donors (Lipinski definition) is 1. The van der Waals surface area contributed by atoms with Crippen molar-refractivity contribution in [2.45, 2.75) is 25.4 Å². The molecule has 0 spiro atoms. The van der Waals surface area contributed by atoms with Gasteiger partial charge in [0.1, 0.15) is 0 Å². The summed E-state index contributed by atoms with van der Waals surface area (Å²) in [4.78, 5) is 11.7. The van der Waals surface area contributed by atoms with E-state index < -0.39 is 27.5 Å². The predicted molar refractivity (Wildman–Crippen MR) is 89.0 cm³/mol. The number of methoxy groups -OCH3 is 1. The number of carboxylic acids is 1. The van der Waals surface area contributed by atoms with Crippen molar-refractivity contribution in [1.82, 2.24) is 4.31 Å². The molecule has 1 saturated carbocycles. The number of hydrogen-bond acceptors (Lipinski definition) is 4. The maximum atomic E-state index is 12.8. The van der Waals surface area contributed by atoms with Gasteiger partial charge in [-0.25, -0.2) is 12.7 Å². The average Bonchev–Trinajstić information content (AvgIpc) is 3.12. The van der Waals surface area contributed by atoms with Crippen molar-refractivity contribution in [3.8, 4) is 0 Å². The number of aliphatic carboxylic acids is 1. The summed E-state index contributed by atoms with van der Waals surface area (Å²) in [6, 6.07) is 9.21. The monoisotopic (exact) mass is 353 g/mol. The van der Waals surface area contributed by atoms with Gasteiger partial charge in [-0.1, -0.05) is 36.8 Å². The Balaban J connectivity index is 1.78. The van der Waals surface area contributed by atoms with Gasteiger partial charge in [-0.05, 0) is 24.3 Å². The van der Waals surface area contributed by atoms with Gasteiger partial charge in [0.05, 0.1) is 17.3 Å². The van der Waals surface area contributed by atoms with Crippen molar-refractivity contribution >= 4 is 16.0 Å². The van der Waals surface area contributed by atoms with E-state index in [0.29, 0.717) is 13.0 Å². The molecule has 0 radical (unpaired) electrons. The largest absolute Gasteiger partial charge is 0.481 e. The summed E-state index contributed by atoms with van der Waals surface area (Å²) in [5.41, 5.74) is -0.0986. The highest BCUT2D eigenvalue weighted by Crippen LogP contribution is 2.49. The van der Waals surface area contributed by atoms with Crippen LogP contribution in [0.5, 0.6) is 0 Å². The summed E-state index contributed by atoms with van der Waals surface area (Å²) in [6.45, 7) is 0.389. The topological polar surface area (TPSA) is 83.9 Å². The van der Waals surface area contributed by atoms with Gasteiger partial charge in [0.2, 0.25) is 10.0 Å². The van der Waals surface area contributed by atoms with Crippen molar-refractivity contribution in [2.75, 3.05) is 26.0 Å². The quantitative estimate of drug-likeness (QED) is 0.844. The normalized spacial score (nSPS) is 28.6. The van der Waals surface area contributed by atoms with Gasteiger partial charge in [0, 0.05) is 20.2 Å². The van der Waals surface area contributed by atoms with Crippen LogP contribution in [0.2, 0.25) is 0 Å². The lowest BCUT2D eigenvalue weighted by atomic mass is 9.81. The maximum Gasteiger partial charge on any atom is 0.311 e. The lowest BCUT2D eigenvalue weighted by Gasteiger charge is -2.24. The van der Waals surface area contributed by atoms with Gasteiger partial charge < -0.3 is 9.84 Å². The Morgan fingerprint density at radius 1 is 1.42 bits per heavy atom. The standard InChI is InChI=1S/C17H23NO5S/c1-23-15(13-6-3-2-4-7-13)11-24(21,22)18-10-14-8-5-9-17(14,12-18)16(19)20/h2-4,6-7,14-15H,5,8-12H2,1H3,(H,19,20)/t14-,15?,17+/m0/s1. The van der Waals surface area contributed by atoms with Crippen LogP contribution in [-0.4, -0.2) is 49.8 Å². The fourth-order valence-corrected chi connectivity index (χ4v) is 5.83. The number of rotatable bonds is 6. The van der Waals surface area contributed by atoms with Crippen LogP contribution >= 0.6 is 0 Å². The van der Waals surface area contributed by atoms with E-state index in [-0.39, 0.29) is 18.2 Å². The zero-order chi connectivity index (χ0) is 17.4. The molecule has 1 aliphatic heterocycles. The van der Waals surface area contributed by atoms with E-state index in [9.17, 15) is 18.3 Å². The smallest absolute Gasteiger partial charge is 0.311 e. The zero-order valence-corrected chi connectivity index (χ0v) is 14.5. The number of nitrogens with zero attached hydrogens (tertiary/aromatic N) is 1. The van der Waals surface area contributed by atoms with E-state index in [2.05, 4.69) is 0 Å². The molecule has 2 fully saturated rings. The lowest BCUT2D eigenvalue weighted by Crippen LogP contribution is -2.38. The van der Waals surface area contributed by atoms with E-state index in [0.717, 1.165) is 18.4 Å². The second-order valence-electron chi connectivity index (χ2n) is 6.76. The Bertz CT molecular complexity index is 705. The molecule has 2 aliphatic rings. The third-order valence-electron chi connectivity index (χ3n) is 5.48. The SMILES string of the molecule is COC(CS(=O)(=O)N1C[C@@H]2CCC[C@@]2(C(=O)O)C1)c1ccccc1. The molecular weight excluding hydrogens is 330 g/mol. The van der Waals surface area contributed by atoms with E-state index in [1.165, 1.54) is 11.4 Å². The molecule has 1 aromatic carbocycles. The molecule has 1 N–H and O–H groups in total. The number of carbonyl (C=O) groups is 1. The molecule has 1 heterocycles. The molecule has 1 aromatic rings. The minimum atomic E-state index is -3.59. The predicted octanol–water partition coefficient (Wildman–Crippen LogP) is 1.89. The molecule has 1 unspecified atom stereocenters. The molecule has 1 saturated heterocycles. The summed E-state index contributed by atoms with van der Waals surface area (Å²) in [7, 11) is -2.10. The van der Waals surface area contributed by atoms with Gasteiger partial charge >= 0.3 is 5.97 Å². The molecule has 132 valence electrons. The highest BCUT2D eigenvalue weighted by molar-refractivity contribution is 7.89. The number of sulfonamides is 1. The molecule has 3 atom stereocenters. The first-order valence-corrected chi connectivity index (χ1v) is 9.79. The van der Waals surface area contributed by atoms with Crippen molar-refractivity contribution in [2.24, 2.45) is 11.3 Å². The molecule has 7 heteroatoms. The molecule has 24 heavy (non-hydrogen) atoms. The molecule has 1 aliphatic carbocycles. The number of carboxylic acid groups (broad SMARTS) is 1. The van der Waals surface area contributed by atoms with Crippen LogP contribution in [0.1, 0.15) is 30.9 Å². The summed E-state index contributed by atoms with van der Waals surface area (Å²) in [5, 5.41) is 9.62. The highest BCUT2D eigenvalue weighted by Gasteiger charge is 2.57. The molecule has 6 nitrogen and oxygen atoms in total. The van der Waals surface area contributed by atoms with Gasteiger partial charge in [-0.3, -0.25) is 4.79 Å². The third kappa shape index (κ3) is 2.96. The van der Waals surface area contributed by atoms with Crippen LogP contribution in [0.25, 0.3) is 0 Å². The van der Waals surface area contributed by atoms with E-state index >= 15 is 0 Å². The first kappa shape index (κ1) is 17.4. The van der Waals surface area contributed by atoms with E-state index in [4.69, 9.17) is 4.74 Å². The number of ether oxygens (including phenoxy) is 1. The number of fused-ring (bicyclic) bond motifs is 1. The zero-order valence-electron chi connectivity index (χ0n) is 13.7. The van der Waals surface area contributed by atoms with Crippen molar-refractivity contribution in [3.63, 3.8) is 0 Å². The fraction of sp³-hybridized carbons (Fsp3) is 0.588. The Labute approximate surface area is 142 Å². The van der Waals surface area contributed by atoms with Crippen molar-refractivity contribution in [3.05, 3.63) is 35.9 Å². The molecule has 0 aromatic heterocycles. The second kappa shape index (κ2) is 6.46. The number of benzene rings is 1. The van der Waals surface area contributed by atoms with E-state index in [1.807, 2.05) is 30.3 Å². The summed E-state index contributed by atoms with van der Waals surface area (Å²) >= 11 is 0. The van der Waals surface area contributed by atoms with Crippen LogP contribution < -0.4 is 0 Å². The van der Waals surface area contributed by atoms with E-state index in [1.54, 1.807) is 0 Å². The Hall–Kier alpha value is -1.44. The fourth-order valence-electron chi connectivity index (χ4n) is 4.07. The van der Waals surface area contributed by atoms with Gasteiger partial charge in [0.25, 0.3) is 0 Å². The van der Waals surface area contributed by atoms with Gasteiger partial charge in [0.15, 0.2) is 0 Å². The Kier molecular flexibility index (Phi) is 4.68. The molecule has 0 bridgehead atoms. The first-order chi connectivity index (χ1) is 11.4. The van der Waals surface area contributed by atoms with Crippen molar-refractivity contribution in [1.29, 1.82) is 0 Å². The summed E-state index contributed by atoms with van der Waals surface area (Å²) < 4.78 is 32.4. The van der Waals surface area contributed by atoms with Gasteiger partial charge in [-0.2, -0.15) is 0 Å². The Morgan fingerprint density at radius 2 is 2.12 bits per heavy atom. The molecule has 3 rings (SSSR count). The minimum Gasteiger partial charge on any atom is -0.481 e. The molecule has 0 amide bonds. The third-order valence-corrected chi connectivity index (χ3v) is 7.27. The highest BCUT2D eigenvalue weighted by atomic mass is 32.2. The van der Waals surface area contributed by atoms with Crippen LogP contribution in [0, 0.1) is 11.3 Å². The average molecular weight is 353 g/mol. The maximum absolute atomic E-state index is 12.8. The van der Waals surface area contributed by atoms with Crippen LogP contribution in [0.4, 0.5) is 0 Å². The minimum absolute atomic E-state index is 0.0810. The summed E-state index contributed by atoms with van der Waals surface area (Å²) in [5.74, 6) is -1.12. The molecular formula is C17H23NO5S. The first-order valence-electron chi connectivity index (χ1n) is 8.18. The van der Waals surface area contributed by atoms with Gasteiger partial charge in [-0.15, -0.1) is 0 Å². The Morgan fingerprint density at radius 3 is 2.71 bits per heavy atom. The van der Waals surface area contributed by atoms with Crippen LogP contribution in [0.15, 0.2) is 30.3 Å². The lowest BCUT2D eigenvalue weighted by molar-refractivity contribution is -0.149. The van der Waals surface area contributed by atoms with Crippen LogP contribution in [-0.2, 0) is 19.6 Å².